The third kappa shape index (κ3) is 3.97. The van der Waals surface area contributed by atoms with Crippen LogP contribution in [-0.4, -0.2) is 57.2 Å². The molecule has 1 N–H and O–H groups in total. The zero-order valence-corrected chi connectivity index (χ0v) is 21.3. The van der Waals surface area contributed by atoms with Crippen molar-refractivity contribution in [2.75, 3.05) is 31.1 Å². The minimum absolute atomic E-state index is 0.0230. The predicted molar refractivity (Wildman–Crippen MR) is 147 cm³/mol. The van der Waals surface area contributed by atoms with Crippen molar-refractivity contribution in [3.8, 4) is 29.4 Å². The van der Waals surface area contributed by atoms with Gasteiger partial charge in [-0.05, 0) is 48.7 Å². The summed E-state index contributed by atoms with van der Waals surface area (Å²) in [6, 6.07) is 9.81. The van der Waals surface area contributed by atoms with Gasteiger partial charge in [-0.1, -0.05) is 24.6 Å². The molecule has 0 bridgehead atoms. The Balaban J connectivity index is 1.42. The number of carbonyl (C=O) groups is 1. The smallest absolute Gasteiger partial charge is 0.245 e. The number of likely N-dealkylation sites (tertiary alicyclic amines) is 1. The van der Waals surface area contributed by atoms with E-state index in [1.54, 1.807) is 12.4 Å². The molecule has 3 aromatic heterocycles. The number of amides is 1. The molecule has 2 aliphatic heterocycles. The van der Waals surface area contributed by atoms with Crippen LogP contribution in [0, 0.1) is 24.7 Å². The van der Waals surface area contributed by atoms with E-state index in [-0.39, 0.29) is 17.9 Å². The molecule has 6 rings (SSSR count). The van der Waals surface area contributed by atoms with Crippen LogP contribution in [0.4, 0.5) is 5.69 Å². The second kappa shape index (κ2) is 9.34. The van der Waals surface area contributed by atoms with E-state index in [9.17, 15) is 4.79 Å². The van der Waals surface area contributed by atoms with E-state index in [1.807, 2.05) is 35.4 Å². The summed E-state index contributed by atoms with van der Waals surface area (Å²) >= 11 is 0. The van der Waals surface area contributed by atoms with Crippen molar-refractivity contribution >= 4 is 22.5 Å². The second-order valence-corrected chi connectivity index (χ2v) is 10.1. The number of aromatic amines is 1. The number of fused-ring (bicyclic) bond motifs is 1. The molecule has 0 radical (unpaired) electrons. The van der Waals surface area contributed by atoms with Gasteiger partial charge in [0, 0.05) is 54.9 Å². The van der Waals surface area contributed by atoms with E-state index in [1.165, 1.54) is 6.08 Å². The zero-order valence-electron chi connectivity index (χ0n) is 21.3. The molecule has 0 atom stereocenters. The van der Waals surface area contributed by atoms with Gasteiger partial charge >= 0.3 is 0 Å². The van der Waals surface area contributed by atoms with Gasteiger partial charge in [0.1, 0.15) is 12.3 Å². The fraction of sp³-hybridized carbons (Fsp3) is 0.267. The Morgan fingerprint density at radius 3 is 2.87 bits per heavy atom. The summed E-state index contributed by atoms with van der Waals surface area (Å²) in [6.07, 6.45) is 14.0. The highest BCUT2D eigenvalue weighted by atomic mass is 16.5. The van der Waals surface area contributed by atoms with Crippen LogP contribution in [0.2, 0.25) is 0 Å². The van der Waals surface area contributed by atoms with Gasteiger partial charge in [-0.3, -0.25) is 14.9 Å². The largest absolute Gasteiger partial charge is 0.470 e. The van der Waals surface area contributed by atoms with Crippen molar-refractivity contribution in [3.63, 3.8) is 0 Å². The standard InChI is InChI=1S/C30H28N6O2/c1-4-22-23(27-20(3)9-10-25-24(27)15-33-34-25)14-32-29(38-16-21-8-6-7-12-31-21)28(22)35-13-11-30(17-35)18-36(19-30)26(37)5-2/h1,5-10,12,14-15H,2,11,13,16-19H2,3H3,(H,33,34). The lowest BCUT2D eigenvalue weighted by atomic mass is 9.79. The van der Waals surface area contributed by atoms with Gasteiger partial charge in [0.05, 0.1) is 23.0 Å². The number of nitrogens with one attached hydrogen (secondary N) is 1. The number of terminal acetylenes is 1. The Morgan fingerprint density at radius 2 is 2.11 bits per heavy atom. The summed E-state index contributed by atoms with van der Waals surface area (Å²) in [4.78, 5) is 25.4. The molecule has 0 unspecified atom stereocenters. The number of hydrogen-bond acceptors (Lipinski definition) is 6. The summed E-state index contributed by atoms with van der Waals surface area (Å²) in [5.74, 6) is 3.44. The first-order chi connectivity index (χ1) is 18.5. The maximum Gasteiger partial charge on any atom is 0.245 e. The third-order valence-corrected chi connectivity index (χ3v) is 7.64. The molecule has 190 valence electrons. The highest BCUT2D eigenvalue weighted by Gasteiger charge is 2.49. The molecule has 2 saturated heterocycles. The lowest BCUT2D eigenvalue weighted by molar-refractivity contribution is -0.136. The number of aryl methyl sites for hydroxylation is 1. The first-order valence-electron chi connectivity index (χ1n) is 12.6. The van der Waals surface area contributed by atoms with E-state index in [0.717, 1.165) is 64.0 Å². The lowest BCUT2D eigenvalue weighted by Gasteiger charge is -2.47. The molecule has 1 amide bonds. The monoisotopic (exact) mass is 504 g/mol. The van der Waals surface area contributed by atoms with Gasteiger partial charge in [-0.2, -0.15) is 5.10 Å². The summed E-state index contributed by atoms with van der Waals surface area (Å²) in [5, 5.41) is 8.30. The molecule has 5 heterocycles. The Bertz CT molecular complexity index is 1580. The van der Waals surface area contributed by atoms with Crippen LogP contribution in [0.5, 0.6) is 5.88 Å². The Kier molecular flexibility index (Phi) is 5.84. The molecule has 1 spiro atoms. The first kappa shape index (κ1) is 23.7. The van der Waals surface area contributed by atoms with Crippen LogP contribution < -0.4 is 9.64 Å². The molecule has 0 aliphatic carbocycles. The van der Waals surface area contributed by atoms with Crippen LogP contribution in [0.15, 0.2) is 61.6 Å². The highest BCUT2D eigenvalue weighted by Crippen LogP contribution is 2.46. The number of pyridine rings is 2. The van der Waals surface area contributed by atoms with Crippen molar-refractivity contribution in [1.29, 1.82) is 0 Å². The van der Waals surface area contributed by atoms with Gasteiger partial charge in [0.2, 0.25) is 11.8 Å². The van der Waals surface area contributed by atoms with Gasteiger partial charge in [0.25, 0.3) is 0 Å². The maximum atomic E-state index is 12.1. The molecule has 8 heteroatoms. The van der Waals surface area contributed by atoms with Gasteiger partial charge < -0.3 is 14.5 Å². The van der Waals surface area contributed by atoms with Crippen molar-refractivity contribution in [2.24, 2.45) is 5.41 Å². The first-order valence-corrected chi connectivity index (χ1v) is 12.6. The van der Waals surface area contributed by atoms with Crippen LogP contribution in [-0.2, 0) is 11.4 Å². The summed E-state index contributed by atoms with van der Waals surface area (Å²) in [5.41, 5.74) is 6.28. The van der Waals surface area contributed by atoms with Gasteiger partial charge in [-0.15, -0.1) is 6.42 Å². The van der Waals surface area contributed by atoms with Crippen LogP contribution in [0.25, 0.3) is 22.0 Å². The molecule has 1 aromatic carbocycles. The fourth-order valence-electron chi connectivity index (χ4n) is 5.76. The van der Waals surface area contributed by atoms with E-state index in [2.05, 4.69) is 45.6 Å². The van der Waals surface area contributed by atoms with E-state index in [4.69, 9.17) is 16.1 Å². The van der Waals surface area contributed by atoms with E-state index < -0.39 is 0 Å². The van der Waals surface area contributed by atoms with Crippen molar-refractivity contribution in [2.45, 2.75) is 20.0 Å². The van der Waals surface area contributed by atoms with Crippen LogP contribution in [0.1, 0.15) is 23.2 Å². The molecule has 8 nitrogen and oxygen atoms in total. The Hall–Kier alpha value is -4.64. The minimum atomic E-state index is -0.0230. The number of aromatic nitrogens is 4. The number of benzene rings is 1. The molecule has 38 heavy (non-hydrogen) atoms. The SMILES string of the molecule is C#Cc1c(-c2c(C)ccc3[nH]ncc23)cnc(OCc2ccccn2)c1N1CCC2(CN(C(=O)C=C)C2)C1. The van der Waals surface area contributed by atoms with Gasteiger partial charge in [-0.25, -0.2) is 4.98 Å². The topological polar surface area (TPSA) is 87.2 Å². The quantitative estimate of drug-likeness (QED) is 0.314. The predicted octanol–water partition coefficient (Wildman–Crippen LogP) is 4.11. The van der Waals surface area contributed by atoms with E-state index in [0.29, 0.717) is 19.0 Å². The third-order valence-electron chi connectivity index (χ3n) is 7.64. The molecular formula is C30H28N6O2. The number of rotatable bonds is 6. The molecule has 2 fully saturated rings. The number of nitrogens with zero attached hydrogens (tertiary/aromatic N) is 5. The zero-order chi connectivity index (χ0) is 26.3. The normalized spacial score (nSPS) is 15.9. The summed E-state index contributed by atoms with van der Waals surface area (Å²) in [7, 11) is 0. The molecular weight excluding hydrogens is 476 g/mol. The van der Waals surface area contributed by atoms with Gasteiger partial charge in [0.15, 0.2) is 0 Å². The van der Waals surface area contributed by atoms with Crippen LogP contribution in [0.3, 0.4) is 0 Å². The fourth-order valence-corrected chi connectivity index (χ4v) is 5.76. The van der Waals surface area contributed by atoms with Crippen molar-refractivity contribution in [3.05, 3.63) is 78.4 Å². The number of carbonyl (C=O) groups excluding carboxylic acids is 1. The average Bonchev–Trinajstić information content (AvgIpc) is 3.59. The maximum absolute atomic E-state index is 12.1. The Labute approximate surface area is 221 Å². The van der Waals surface area contributed by atoms with Crippen LogP contribution >= 0.6 is 0 Å². The number of anilines is 1. The summed E-state index contributed by atoms with van der Waals surface area (Å²) in [6.45, 7) is 8.96. The molecule has 4 aromatic rings. The average molecular weight is 505 g/mol. The molecule has 2 aliphatic rings. The minimum Gasteiger partial charge on any atom is -0.470 e. The highest BCUT2D eigenvalue weighted by molar-refractivity contribution is 5.99. The van der Waals surface area contributed by atoms with Crippen molar-refractivity contribution in [1.82, 2.24) is 25.1 Å². The molecule has 0 saturated carbocycles. The number of ether oxygens (including phenoxy) is 1. The number of hydrogen-bond donors (Lipinski definition) is 1. The summed E-state index contributed by atoms with van der Waals surface area (Å²) < 4.78 is 6.26. The lowest BCUT2D eigenvalue weighted by Crippen LogP contribution is -2.59. The number of H-pyrrole nitrogens is 1. The van der Waals surface area contributed by atoms with E-state index >= 15 is 0 Å². The second-order valence-electron chi connectivity index (χ2n) is 10.1. The Morgan fingerprint density at radius 1 is 1.24 bits per heavy atom. The van der Waals surface area contributed by atoms with Crippen molar-refractivity contribution < 1.29 is 9.53 Å².